The highest BCUT2D eigenvalue weighted by Crippen LogP contribution is 2.64. The summed E-state index contributed by atoms with van der Waals surface area (Å²) in [6.07, 6.45) is 35.1. The van der Waals surface area contributed by atoms with Gasteiger partial charge >= 0.3 is 17.9 Å². The van der Waals surface area contributed by atoms with Crippen LogP contribution in [0.5, 0.6) is 0 Å². The normalized spacial score (nSPS) is 43.1. The van der Waals surface area contributed by atoms with E-state index < -0.39 is 12.2 Å². The number of ether oxygens (including phenoxy) is 3. The SMILES string of the molecule is C.C.C=C1/C(=C\C=C2/CCC[C@@]3(C)C2CC[C@@H]3[C@H](C)CC2CC3(CC3)C(=O)O2)C[C@@H](O)C[C@@H]1O.C[C@H](CC1CC2(CC2)C(=O)O1)[C@H]1CCC2/C(=C/Br)CCC[C@@]21C.C[C@H](CC1CC2(CC2)C(=O)O1)[C@H]1CCC2C(=O)CCC[C@@]21C. The number of carbonyl (C=O) groups is 4. The molecule has 10 saturated carbocycles. The van der Waals surface area contributed by atoms with Gasteiger partial charge in [0.2, 0.25) is 0 Å². The molecule has 13 fully saturated rings. The van der Waals surface area contributed by atoms with Gasteiger partial charge < -0.3 is 24.4 Å². The number of allylic oxidation sites excluding steroid dienone is 4. The van der Waals surface area contributed by atoms with Gasteiger partial charge in [-0.25, -0.2) is 0 Å². The number of hydrogen-bond acceptors (Lipinski definition) is 9. The first-order chi connectivity index (χ1) is 36.6. The van der Waals surface area contributed by atoms with Gasteiger partial charge in [-0.05, 0) is 234 Å². The monoisotopic (exact) mass is 1160 g/mol. The van der Waals surface area contributed by atoms with Crippen molar-refractivity contribution in [1.82, 2.24) is 0 Å². The number of fused-ring (bicyclic) bond motifs is 3. The third kappa shape index (κ3) is 11.5. The topological polar surface area (TPSA) is 136 Å². The lowest BCUT2D eigenvalue weighted by atomic mass is 9.60. The largest absolute Gasteiger partial charge is 0.462 e. The first-order valence-electron chi connectivity index (χ1n) is 31.5. The van der Waals surface area contributed by atoms with Crippen LogP contribution in [0.15, 0.2) is 46.0 Å². The van der Waals surface area contributed by atoms with Crippen molar-refractivity contribution in [2.24, 2.45) is 85.8 Å². The molecule has 3 spiro atoms. The van der Waals surface area contributed by atoms with Gasteiger partial charge in [0.25, 0.3) is 0 Å². The fourth-order valence-corrected chi connectivity index (χ4v) is 20.6. The summed E-state index contributed by atoms with van der Waals surface area (Å²) in [6, 6.07) is 0. The van der Waals surface area contributed by atoms with E-state index in [0.29, 0.717) is 70.9 Å². The van der Waals surface area contributed by atoms with Crippen molar-refractivity contribution < 1.29 is 43.6 Å². The van der Waals surface area contributed by atoms with E-state index in [0.717, 1.165) is 126 Å². The number of Topliss-reactive ketones (excluding diaryl/α,β-unsaturated/α-hetero) is 1. The van der Waals surface area contributed by atoms with Crippen LogP contribution in [0.25, 0.3) is 0 Å². The molecular weight excluding hydrogens is 1050 g/mol. The Balaban J connectivity index is 0.000000145. The fourth-order valence-electron chi connectivity index (χ4n) is 20.0. The molecule has 0 aromatic carbocycles. The van der Waals surface area contributed by atoms with E-state index in [2.05, 4.69) is 81.2 Å². The highest BCUT2D eigenvalue weighted by Gasteiger charge is 2.62. The number of aliphatic hydroxyl groups excluding tert-OH is 2. The van der Waals surface area contributed by atoms with Crippen molar-refractivity contribution in [2.45, 2.75) is 273 Å². The van der Waals surface area contributed by atoms with Crippen LogP contribution in [-0.2, 0) is 33.4 Å². The Bertz CT molecular complexity index is 2410. The minimum Gasteiger partial charge on any atom is -0.462 e. The predicted octanol–water partition coefficient (Wildman–Crippen LogP) is 16.0. The second-order valence-corrected chi connectivity index (χ2v) is 30.1. The molecule has 13 aliphatic rings. The lowest BCUT2D eigenvalue weighted by molar-refractivity contribution is -0.146. The van der Waals surface area contributed by atoms with Crippen molar-refractivity contribution in [3.05, 3.63) is 46.0 Å². The van der Waals surface area contributed by atoms with Crippen LogP contribution in [0.1, 0.15) is 243 Å². The van der Waals surface area contributed by atoms with Crippen LogP contribution >= 0.6 is 15.9 Å². The second kappa shape index (κ2) is 23.1. The van der Waals surface area contributed by atoms with E-state index in [-0.39, 0.29) is 72.7 Å². The zero-order valence-corrected chi connectivity index (χ0v) is 49.7. The van der Waals surface area contributed by atoms with Gasteiger partial charge in [0.1, 0.15) is 24.1 Å². The smallest absolute Gasteiger partial charge is 0.312 e. The summed E-state index contributed by atoms with van der Waals surface area (Å²) in [6.45, 7) is 18.6. The maximum atomic E-state index is 12.3. The summed E-state index contributed by atoms with van der Waals surface area (Å²) in [5.41, 5.74) is 5.70. The average molecular weight is 1160 g/mol. The van der Waals surface area contributed by atoms with Gasteiger partial charge in [0.15, 0.2) is 0 Å². The molecule has 6 unspecified atom stereocenters. The molecule has 10 aliphatic carbocycles. The zero-order valence-electron chi connectivity index (χ0n) is 48.2. The molecule has 0 amide bonds. The summed E-state index contributed by atoms with van der Waals surface area (Å²) >= 11 is 3.61. The van der Waals surface area contributed by atoms with Crippen LogP contribution in [0.4, 0.5) is 0 Å². The molecule has 3 saturated heterocycles. The second-order valence-electron chi connectivity index (χ2n) is 29.7. The highest BCUT2D eigenvalue weighted by molar-refractivity contribution is 9.11. The Morgan fingerprint density at radius 3 is 1.34 bits per heavy atom. The van der Waals surface area contributed by atoms with Crippen molar-refractivity contribution in [3.8, 4) is 0 Å². The van der Waals surface area contributed by atoms with Crippen LogP contribution in [0.2, 0.25) is 0 Å². The lowest BCUT2D eigenvalue weighted by Gasteiger charge is -2.44. The number of halogens is 1. The van der Waals surface area contributed by atoms with Gasteiger partial charge in [-0.2, -0.15) is 0 Å². The maximum absolute atomic E-state index is 12.3. The Morgan fingerprint density at radius 1 is 0.557 bits per heavy atom. The molecule has 17 atom stereocenters. The van der Waals surface area contributed by atoms with E-state index in [4.69, 9.17) is 14.2 Å². The minimum absolute atomic E-state index is 0. The zero-order chi connectivity index (χ0) is 54.5. The summed E-state index contributed by atoms with van der Waals surface area (Å²) in [7, 11) is 0. The number of rotatable bonds is 10. The molecule has 10 heteroatoms. The third-order valence-corrected chi connectivity index (χ3v) is 25.5. The van der Waals surface area contributed by atoms with E-state index in [1.807, 2.05) is 0 Å². The molecule has 0 bridgehead atoms. The maximum Gasteiger partial charge on any atom is 0.312 e. The number of aliphatic hydroxyl groups is 2. The molecular formula is C69H105BrO9. The van der Waals surface area contributed by atoms with Crippen LogP contribution in [0.3, 0.4) is 0 Å². The van der Waals surface area contributed by atoms with Crippen molar-refractivity contribution in [1.29, 1.82) is 0 Å². The van der Waals surface area contributed by atoms with Crippen molar-refractivity contribution in [3.63, 3.8) is 0 Å². The number of esters is 3. The van der Waals surface area contributed by atoms with Gasteiger partial charge in [0.05, 0.1) is 28.5 Å². The van der Waals surface area contributed by atoms with E-state index in [1.165, 1.54) is 76.2 Å². The van der Waals surface area contributed by atoms with E-state index in [9.17, 15) is 29.4 Å². The molecule has 13 rings (SSSR count). The molecule has 0 radical (unpaired) electrons. The number of carbonyl (C=O) groups excluding carboxylic acids is 4. The predicted molar refractivity (Wildman–Crippen MR) is 316 cm³/mol. The first-order valence-corrected chi connectivity index (χ1v) is 32.5. The molecule has 3 aliphatic heterocycles. The summed E-state index contributed by atoms with van der Waals surface area (Å²) in [4.78, 5) is 50.6. The fraction of sp³-hybridized carbons (Fsp3) is 0.826. The molecule has 442 valence electrons. The Morgan fingerprint density at radius 2 is 0.937 bits per heavy atom. The Labute approximate surface area is 485 Å². The molecule has 79 heavy (non-hydrogen) atoms. The third-order valence-electron chi connectivity index (χ3n) is 24.9. The molecule has 9 nitrogen and oxygen atoms in total. The van der Waals surface area contributed by atoms with Crippen LogP contribution in [0, 0.1) is 85.8 Å². The number of cyclic esters (lactones) is 3. The Kier molecular flexibility index (Phi) is 17.9. The summed E-state index contributed by atoms with van der Waals surface area (Å²) < 4.78 is 17.2. The molecule has 3 heterocycles. The van der Waals surface area contributed by atoms with Crippen LogP contribution in [-0.4, -0.2) is 64.4 Å². The minimum atomic E-state index is -0.629. The van der Waals surface area contributed by atoms with E-state index >= 15 is 0 Å². The van der Waals surface area contributed by atoms with Gasteiger partial charge in [-0.1, -0.05) is 102 Å². The average Bonchev–Trinajstić information content (AvgIpc) is 4.37. The van der Waals surface area contributed by atoms with Gasteiger partial charge in [-0.3, -0.25) is 19.2 Å². The first kappa shape index (κ1) is 61.0. The molecule has 2 N–H and O–H groups in total. The van der Waals surface area contributed by atoms with Crippen molar-refractivity contribution >= 4 is 39.6 Å². The summed E-state index contributed by atoms with van der Waals surface area (Å²) in [5.74, 6) is 6.27. The summed E-state index contributed by atoms with van der Waals surface area (Å²) in [5, 5.41) is 20.2. The lowest BCUT2D eigenvalue weighted by Crippen LogP contribution is -2.39. The van der Waals surface area contributed by atoms with Gasteiger partial charge in [-0.15, -0.1) is 0 Å². The molecule has 0 aromatic heterocycles. The van der Waals surface area contributed by atoms with Gasteiger partial charge in [0, 0.05) is 38.0 Å². The number of ketones is 1. The molecule has 0 aromatic rings. The number of hydrogen-bond donors (Lipinski definition) is 2. The van der Waals surface area contributed by atoms with Crippen LogP contribution < -0.4 is 0 Å². The van der Waals surface area contributed by atoms with Crippen molar-refractivity contribution in [2.75, 3.05) is 0 Å². The standard InChI is InChI=1S/C28H40O4.C20H29BrO2.C19H28O3.2CH4/c1-17(13-22-16-28(11-12-28)26(31)32-22)23-8-9-24-19(5-4-10-27(23,24)3)6-7-20-14-21(29)15-25(30)18(20)2;1-13(10-15-11-20(8-9-20)18(22)23-15)16-5-6-17-14(12-21)4-3-7-19(16,17)2;1-12(10-13-11-19(8-9-19)17(21)22-13)14-5-6-15-16(20)4-3-7-18(14,15)2;;/h6-7,17,21-25,29-30H,2,4-5,8-16H2,1,3H3;12-13,15-17H,3-11H2,1-2H3;12-15H,3-11H2,1-2H3;2*1H4/b19-6+,20-7-;14-12+;;;/t17-,21-,22?,23-,24?,25+,27-;13-,15?,16-,17?,19-;12-,13?,14-,15?,18-;;/m111../s1. The quantitative estimate of drug-likeness (QED) is 0.162. The van der Waals surface area contributed by atoms with E-state index in [1.54, 1.807) is 5.57 Å². The Hall–Kier alpha value is -2.56. The highest BCUT2D eigenvalue weighted by atomic mass is 79.9.